The summed E-state index contributed by atoms with van der Waals surface area (Å²) in [7, 11) is 0. The molecule has 0 aliphatic heterocycles. The van der Waals surface area contributed by atoms with Gasteiger partial charge in [0.15, 0.2) is 0 Å². The number of nitrogens with one attached hydrogen (secondary N) is 2. The van der Waals surface area contributed by atoms with Crippen molar-refractivity contribution < 1.29 is 4.79 Å². The van der Waals surface area contributed by atoms with Crippen LogP contribution in [0.15, 0.2) is 11.1 Å². The first kappa shape index (κ1) is 16.9. The predicted molar refractivity (Wildman–Crippen MR) is 99.5 cm³/mol. The number of anilines is 1. The number of aromatic nitrogens is 5. The summed E-state index contributed by atoms with van der Waals surface area (Å²) < 4.78 is 1.75. The zero-order chi connectivity index (χ0) is 18.1. The van der Waals surface area contributed by atoms with E-state index in [0.717, 1.165) is 29.5 Å². The van der Waals surface area contributed by atoms with Gasteiger partial charge in [0.2, 0.25) is 11.9 Å². The van der Waals surface area contributed by atoms with E-state index in [-0.39, 0.29) is 17.9 Å². The summed E-state index contributed by atoms with van der Waals surface area (Å²) in [5.74, 6) is 0.800. The van der Waals surface area contributed by atoms with Gasteiger partial charge in [-0.2, -0.15) is 0 Å². The van der Waals surface area contributed by atoms with E-state index in [2.05, 4.69) is 25.5 Å². The van der Waals surface area contributed by atoms with Crippen molar-refractivity contribution in [2.24, 2.45) is 0 Å². The highest BCUT2D eigenvalue weighted by molar-refractivity contribution is 7.18. The Kier molecular flexibility index (Phi) is 4.54. The molecule has 136 valence electrons. The summed E-state index contributed by atoms with van der Waals surface area (Å²) in [4.78, 5) is 34.2. The number of nitrogens with zero attached hydrogens (tertiary/aromatic N) is 4. The van der Waals surface area contributed by atoms with E-state index in [9.17, 15) is 9.59 Å². The van der Waals surface area contributed by atoms with E-state index in [1.54, 1.807) is 22.2 Å². The molecule has 0 saturated heterocycles. The molecular weight excluding hydrogens is 352 g/mol. The van der Waals surface area contributed by atoms with Crippen LogP contribution in [-0.4, -0.2) is 30.6 Å². The van der Waals surface area contributed by atoms with Crippen LogP contribution in [0.5, 0.6) is 0 Å². The first-order valence-corrected chi connectivity index (χ1v) is 9.68. The molecule has 0 radical (unpaired) electrons. The van der Waals surface area contributed by atoms with Crippen molar-refractivity contribution in [3.8, 4) is 0 Å². The quantitative estimate of drug-likeness (QED) is 0.713. The number of aromatic amines is 1. The Morgan fingerprint density at radius 1 is 1.38 bits per heavy atom. The van der Waals surface area contributed by atoms with Gasteiger partial charge in [-0.25, -0.2) is 4.98 Å². The number of thiophene rings is 1. The van der Waals surface area contributed by atoms with Gasteiger partial charge in [-0.3, -0.25) is 14.9 Å². The average Bonchev–Trinajstić information content (AvgIpc) is 3.23. The molecule has 26 heavy (non-hydrogen) atoms. The Morgan fingerprint density at radius 2 is 2.23 bits per heavy atom. The summed E-state index contributed by atoms with van der Waals surface area (Å²) in [6.45, 7) is 2.63. The van der Waals surface area contributed by atoms with Gasteiger partial charge in [0.25, 0.3) is 5.56 Å². The van der Waals surface area contributed by atoms with Crippen molar-refractivity contribution in [2.75, 3.05) is 5.32 Å². The molecule has 0 fully saturated rings. The Morgan fingerprint density at radius 3 is 3.08 bits per heavy atom. The van der Waals surface area contributed by atoms with Crippen molar-refractivity contribution in [2.45, 2.75) is 52.0 Å². The number of aryl methyl sites for hydroxylation is 4. The van der Waals surface area contributed by atoms with Gasteiger partial charge in [-0.15, -0.1) is 21.5 Å². The molecule has 3 heterocycles. The van der Waals surface area contributed by atoms with Gasteiger partial charge in [-0.05, 0) is 38.2 Å². The fourth-order valence-corrected chi connectivity index (χ4v) is 4.61. The topological polar surface area (TPSA) is 106 Å². The lowest BCUT2D eigenvalue weighted by atomic mass is 9.97. The highest BCUT2D eigenvalue weighted by Gasteiger charge is 2.20. The van der Waals surface area contributed by atoms with Crippen LogP contribution in [0.3, 0.4) is 0 Å². The number of rotatable bonds is 5. The van der Waals surface area contributed by atoms with E-state index in [1.165, 1.54) is 16.9 Å². The molecular formula is C17H20N6O2S. The number of carbonyl (C=O) groups is 1. The molecule has 3 aromatic heterocycles. The number of hydrogen-bond donors (Lipinski definition) is 2. The minimum absolute atomic E-state index is 0.0875. The lowest BCUT2D eigenvalue weighted by Gasteiger charge is -2.09. The average molecular weight is 372 g/mol. The van der Waals surface area contributed by atoms with Crippen molar-refractivity contribution in [3.05, 3.63) is 32.9 Å². The van der Waals surface area contributed by atoms with Crippen molar-refractivity contribution in [1.82, 2.24) is 24.7 Å². The smallest absolute Gasteiger partial charge is 0.259 e. The van der Waals surface area contributed by atoms with Crippen LogP contribution in [0.1, 0.15) is 42.5 Å². The molecule has 0 aromatic carbocycles. The highest BCUT2D eigenvalue weighted by atomic mass is 32.1. The van der Waals surface area contributed by atoms with Crippen LogP contribution < -0.4 is 10.9 Å². The van der Waals surface area contributed by atoms with Crippen molar-refractivity contribution >= 4 is 33.4 Å². The second kappa shape index (κ2) is 6.99. The van der Waals surface area contributed by atoms with E-state index in [4.69, 9.17) is 0 Å². The third kappa shape index (κ3) is 3.14. The molecule has 0 atom stereocenters. The summed E-state index contributed by atoms with van der Waals surface area (Å²) in [6.07, 6.45) is 6.46. The molecule has 3 aromatic rings. The second-order valence-corrected chi connectivity index (χ2v) is 7.48. The Hall–Kier alpha value is -2.55. The summed E-state index contributed by atoms with van der Waals surface area (Å²) in [5.41, 5.74) is 1.09. The number of fused-ring (bicyclic) bond motifs is 3. The zero-order valence-electron chi connectivity index (χ0n) is 14.5. The Balaban J connectivity index is 1.49. The van der Waals surface area contributed by atoms with Crippen LogP contribution in [-0.2, 0) is 30.6 Å². The highest BCUT2D eigenvalue weighted by Crippen LogP contribution is 2.33. The van der Waals surface area contributed by atoms with Crippen LogP contribution in [0, 0.1) is 0 Å². The SMILES string of the molecule is CCn1cnnc1NC(=O)CCc1nc2sc3c(c2c(=O)[nH]1)CCCC3. The predicted octanol–water partition coefficient (Wildman–Crippen LogP) is 2.05. The lowest BCUT2D eigenvalue weighted by Crippen LogP contribution is -2.18. The van der Waals surface area contributed by atoms with Gasteiger partial charge in [0.1, 0.15) is 17.0 Å². The molecule has 2 N–H and O–H groups in total. The molecule has 8 nitrogen and oxygen atoms in total. The van der Waals surface area contributed by atoms with Crippen molar-refractivity contribution in [1.29, 1.82) is 0 Å². The second-order valence-electron chi connectivity index (χ2n) is 6.39. The minimum atomic E-state index is -0.180. The van der Waals surface area contributed by atoms with Crippen LogP contribution in [0.2, 0.25) is 0 Å². The van der Waals surface area contributed by atoms with Crippen LogP contribution in [0.25, 0.3) is 10.2 Å². The van der Waals surface area contributed by atoms with E-state index < -0.39 is 0 Å². The zero-order valence-corrected chi connectivity index (χ0v) is 15.4. The summed E-state index contributed by atoms with van der Waals surface area (Å²) in [6, 6.07) is 0. The van der Waals surface area contributed by atoms with Gasteiger partial charge >= 0.3 is 0 Å². The molecule has 0 spiro atoms. The largest absolute Gasteiger partial charge is 0.310 e. The number of hydrogen-bond acceptors (Lipinski definition) is 6. The molecule has 4 rings (SSSR count). The van der Waals surface area contributed by atoms with Gasteiger partial charge in [0, 0.05) is 24.3 Å². The van der Waals surface area contributed by atoms with Gasteiger partial charge < -0.3 is 9.55 Å². The first-order chi connectivity index (χ1) is 12.7. The number of H-pyrrole nitrogens is 1. The molecule has 0 saturated carbocycles. The molecule has 0 unspecified atom stereocenters. The third-order valence-corrected chi connectivity index (χ3v) is 5.86. The monoisotopic (exact) mass is 372 g/mol. The van der Waals surface area contributed by atoms with Crippen molar-refractivity contribution in [3.63, 3.8) is 0 Å². The normalized spacial score (nSPS) is 13.7. The Labute approximate surface area is 153 Å². The van der Waals surface area contributed by atoms with Crippen LogP contribution >= 0.6 is 11.3 Å². The van der Waals surface area contributed by atoms with Gasteiger partial charge in [-0.1, -0.05) is 0 Å². The molecule has 0 bridgehead atoms. The molecule has 9 heteroatoms. The fourth-order valence-electron chi connectivity index (χ4n) is 3.33. The minimum Gasteiger partial charge on any atom is -0.310 e. The van der Waals surface area contributed by atoms with E-state index >= 15 is 0 Å². The van der Waals surface area contributed by atoms with Gasteiger partial charge in [0.05, 0.1) is 5.39 Å². The summed E-state index contributed by atoms with van der Waals surface area (Å²) in [5, 5.41) is 11.1. The molecule has 1 aliphatic carbocycles. The lowest BCUT2D eigenvalue weighted by molar-refractivity contribution is -0.116. The maximum Gasteiger partial charge on any atom is 0.259 e. The van der Waals surface area contributed by atoms with E-state index in [1.807, 2.05) is 6.92 Å². The maximum absolute atomic E-state index is 12.5. The number of carbonyl (C=O) groups excluding carboxylic acids is 1. The fraction of sp³-hybridized carbons (Fsp3) is 0.471. The molecule has 1 amide bonds. The Bertz CT molecular complexity index is 1020. The molecule has 1 aliphatic rings. The van der Waals surface area contributed by atoms with E-state index in [0.29, 0.717) is 24.7 Å². The summed E-state index contributed by atoms with van der Waals surface area (Å²) >= 11 is 1.62. The standard InChI is InChI=1S/C17H20N6O2S/c1-2-23-9-18-22-17(23)21-13(24)8-7-12-19-15(25)14-10-5-3-4-6-11(10)26-16(14)20-12/h9H,2-8H2,1H3,(H,19,20,25)(H,21,22,24). The third-order valence-electron chi connectivity index (χ3n) is 4.67. The number of amides is 1. The van der Waals surface area contributed by atoms with Crippen LogP contribution in [0.4, 0.5) is 5.95 Å². The first-order valence-electron chi connectivity index (χ1n) is 8.86. The maximum atomic E-state index is 12.5.